The number of para-hydroxylation sites is 2. The first-order valence-electron chi connectivity index (χ1n) is 8.87. The average molecular weight is 390 g/mol. The molecule has 1 aliphatic rings. The molecule has 1 unspecified atom stereocenters. The fourth-order valence-electron chi connectivity index (χ4n) is 3.64. The van der Waals surface area contributed by atoms with Crippen molar-refractivity contribution in [3.8, 4) is 11.5 Å². The van der Waals surface area contributed by atoms with E-state index in [-0.39, 0.29) is 18.0 Å². The first kappa shape index (κ1) is 16.8. The van der Waals surface area contributed by atoms with Crippen molar-refractivity contribution in [3.63, 3.8) is 0 Å². The maximum absolute atomic E-state index is 6.36. The lowest BCUT2D eigenvalue weighted by molar-refractivity contribution is 0.174. The van der Waals surface area contributed by atoms with E-state index in [1.165, 1.54) is 0 Å². The van der Waals surface area contributed by atoms with E-state index in [0.717, 1.165) is 33.5 Å². The Balaban J connectivity index is 1.80. The van der Waals surface area contributed by atoms with Crippen LogP contribution >= 0.6 is 11.6 Å². The molecule has 28 heavy (non-hydrogen) atoms. The zero-order chi connectivity index (χ0) is 19.1. The molecule has 0 saturated carbocycles. The Labute approximate surface area is 166 Å². The number of hydrogen-bond donors (Lipinski definition) is 1. The van der Waals surface area contributed by atoms with Crippen LogP contribution in [-0.4, -0.2) is 16.8 Å². The van der Waals surface area contributed by atoms with Gasteiger partial charge < -0.3 is 15.2 Å². The van der Waals surface area contributed by atoms with Crippen LogP contribution in [0.5, 0.6) is 11.5 Å². The quantitative estimate of drug-likeness (QED) is 0.403. The third kappa shape index (κ3) is 2.80. The van der Waals surface area contributed by atoms with Crippen molar-refractivity contribution >= 4 is 28.2 Å². The van der Waals surface area contributed by atoms with Gasteiger partial charge in [-0.15, -0.1) is 0 Å². The number of benzene rings is 3. The Hall–Kier alpha value is -3.31. The predicted octanol–water partition coefficient (Wildman–Crippen LogP) is 4.77. The lowest BCUT2D eigenvalue weighted by Crippen LogP contribution is -2.10. The van der Waals surface area contributed by atoms with Crippen LogP contribution in [0, 0.1) is 0 Å². The van der Waals surface area contributed by atoms with Crippen LogP contribution in [0.2, 0.25) is 5.28 Å². The molecule has 138 valence electrons. The van der Waals surface area contributed by atoms with E-state index in [0.29, 0.717) is 11.4 Å². The predicted molar refractivity (Wildman–Crippen MR) is 109 cm³/mol. The zero-order valence-electron chi connectivity index (χ0n) is 14.8. The van der Waals surface area contributed by atoms with Gasteiger partial charge in [-0.05, 0) is 47.0 Å². The van der Waals surface area contributed by atoms with Crippen LogP contribution < -0.4 is 15.2 Å². The summed E-state index contributed by atoms with van der Waals surface area (Å²) in [6.07, 6.45) is 0. The number of halogens is 1. The number of aromatic nitrogens is 2. The van der Waals surface area contributed by atoms with E-state index >= 15 is 0 Å². The van der Waals surface area contributed by atoms with Gasteiger partial charge in [-0.2, -0.15) is 0 Å². The first-order chi connectivity index (χ1) is 13.7. The van der Waals surface area contributed by atoms with Gasteiger partial charge >= 0.3 is 0 Å². The molecule has 2 heterocycles. The molecule has 0 radical (unpaired) electrons. The van der Waals surface area contributed by atoms with Crippen molar-refractivity contribution in [2.24, 2.45) is 0 Å². The summed E-state index contributed by atoms with van der Waals surface area (Å²) >= 11 is 6.28. The third-order valence-electron chi connectivity index (χ3n) is 4.92. The van der Waals surface area contributed by atoms with E-state index in [1.54, 1.807) is 0 Å². The van der Waals surface area contributed by atoms with E-state index in [2.05, 4.69) is 9.97 Å². The Kier molecular flexibility index (Phi) is 4.02. The summed E-state index contributed by atoms with van der Waals surface area (Å²) in [5.74, 6) is 1.21. The number of nitrogen functional groups attached to an aromatic ring is 1. The molecule has 0 amide bonds. The van der Waals surface area contributed by atoms with E-state index in [9.17, 15) is 0 Å². The summed E-state index contributed by atoms with van der Waals surface area (Å²) < 4.78 is 11.1. The molecule has 0 saturated heterocycles. The second kappa shape index (κ2) is 6.69. The number of nitrogens with zero attached hydrogens (tertiary/aromatic N) is 2. The summed E-state index contributed by atoms with van der Waals surface area (Å²) in [4.78, 5) is 8.98. The molecule has 6 heteroatoms. The second-order valence-electron chi connectivity index (χ2n) is 6.57. The largest absolute Gasteiger partial charge is 0.454 e. The number of ether oxygens (including phenoxy) is 2. The second-order valence-corrected chi connectivity index (χ2v) is 6.91. The molecule has 0 aliphatic carbocycles. The van der Waals surface area contributed by atoms with Crippen molar-refractivity contribution in [1.29, 1.82) is 0 Å². The Morgan fingerprint density at radius 1 is 0.893 bits per heavy atom. The van der Waals surface area contributed by atoms with Crippen LogP contribution in [-0.2, 0) is 0 Å². The van der Waals surface area contributed by atoms with Crippen LogP contribution in [0.25, 0.3) is 10.9 Å². The molecule has 1 atom stereocenters. The van der Waals surface area contributed by atoms with Gasteiger partial charge in [0.15, 0.2) is 11.5 Å². The van der Waals surface area contributed by atoms with Crippen LogP contribution in [0.3, 0.4) is 0 Å². The topological polar surface area (TPSA) is 70.3 Å². The van der Waals surface area contributed by atoms with Gasteiger partial charge in [0, 0.05) is 11.1 Å². The molecule has 1 aliphatic heterocycles. The summed E-state index contributed by atoms with van der Waals surface area (Å²) in [6, 6.07) is 21.5. The zero-order valence-corrected chi connectivity index (χ0v) is 15.6. The summed E-state index contributed by atoms with van der Waals surface area (Å²) in [5, 5.41) is 1.13. The molecule has 3 aromatic carbocycles. The number of anilines is 1. The van der Waals surface area contributed by atoms with Crippen LogP contribution in [0.15, 0.2) is 66.7 Å². The number of rotatable bonds is 3. The number of nitrogens with two attached hydrogens (primary N) is 1. The minimum absolute atomic E-state index is 0.203. The standard InChI is InChI=1S/C22H16ClN3O2/c23-22-25-17-8-4-2-6-15(17)21(26-22)20(14-5-1-3-7-16(14)24)13-9-10-18-19(11-13)28-12-27-18/h1-11,20H,12,24H2. The number of hydrogen-bond acceptors (Lipinski definition) is 5. The molecule has 4 aromatic rings. The fourth-order valence-corrected chi connectivity index (χ4v) is 3.83. The summed E-state index contributed by atoms with van der Waals surface area (Å²) in [7, 11) is 0. The average Bonchev–Trinajstić information content (AvgIpc) is 3.17. The van der Waals surface area contributed by atoms with E-state index in [1.807, 2.05) is 66.7 Å². The van der Waals surface area contributed by atoms with Gasteiger partial charge in [0.1, 0.15) is 0 Å². The molecule has 1 aromatic heterocycles. The Bertz CT molecular complexity index is 1200. The third-order valence-corrected chi connectivity index (χ3v) is 5.08. The van der Waals surface area contributed by atoms with Crippen LogP contribution in [0.1, 0.15) is 22.7 Å². The van der Waals surface area contributed by atoms with Gasteiger partial charge in [0.25, 0.3) is 0 Å². The minimum atomic E-state index is -0.235. The van der Waals surface area contributed by atoms with Gasteiger partial charge in [-0.3, -0.25) is 0 Å². The highest BCUT2D eigenvalue weighted by atomic mass is 35.5. The normalized spacial score (nSPS) is 13.6. The van der Waals surface area contributed by atoms with E-state index in [4.69, 9.17) is 26.8 Å². The number of fused-ring (bicyclic) bond motifs is 2. The van der Waals surface area contributed by atoms with Gasteiger partial charge in [0.05, 0.1) is 17.1 Å². The minimum Gasteiger partial charge on any atom is -0.454 e. The maximum Gasteiger partial charge on any atom is 0.231 e. The molecular formula is C22H16ClN3O2. The molecule has 0 spiro atoms. The molecule has 0 bridgehead atoms. The molecule has 2 N–H and O–H groups in total. The Morgan fingerprint density at radius 2 is 1.68 bits per heavy atom. The monoisotopic (exact) mass is 389 g/mol. The lowest BCUT2D eigenvalue weighted by atomic mass is 9.85. The maximum atomic E-state index is 6.36. The van der Waals surface area contributed by atoms with Crippen molar-refractivity contribution in [2.75, 3.05) is 12.5 Å². The van der Waals surface area contributed by atoms with Crippen molar-refractivity contribution in [3.05, 3.63) is 88.8 Å². The van der Waals surface area contributed by atoms with Crippen molar-refractivity contribution < 1.29 is 9.47 Å². The van der Waals surface area contributed by atoms with Gasteiger partial charge in [-0.25, -0.2) is 9.97 Å². The first-order valence-corrected chi connectivity index (χ1v) is 9.24. The molecule has 5 rings (SSSR count). The lowest BCUT2D eigenvalue weighted by Gasteiger charge is -2.21. The van der Waals surface area contributed by atoms with Crippen molar-refractivity contribution in [2.45, 2.75) is 5.92 Å². The van der Waals surface area contributed by atoms with E-state index < -0.39 is 0 Å². The highest BCUT2D eigenvalue weighted by Gasteiger charge is 2.26. The highest BCUT2D eigenvalue weighted by Crippen LogP contribution is 2.41. The summed E-state index contributed by atoms with van der Waals surface area (Å²) in [6.45, 7) is 0.221. The molecule has 0 fully saturated rings. The summed E-state index contributed by atoms with van der Waals surface area (Å²) in [5.41, 5.74) is 10.6. The SMILES string of the molecule is Nc1ccccc1C(c1ccc2c(c1)OCO2)c1nc(Cl)nc2ccccc12. The highest BCUT2D eigenvalue weighted by molar-refractivity contribution is 6.28. The molecular weight excluding hydrogens is 374 g/mol. The van der Waals surface area contributed by atoms with Crippen LogP contribution in [0.4, 0.5) is 5.69 Å². The van der Waals surface area contributed by atoms with Gasteiger partial charge in [-0.1, -0.05) is 42.5 Å². The van der Waals surface area contributed by atoms with Crippen molar-refractivity contribution in [1.82, 2.24) is 9.97 Å². The smallest absolute Gasteiger partial charge is 0.231 e. The fraction of sp³-hybridized carbons (Fsp3) is 0.0909. The molecule has 5 nitrogen and oxygen atoms in total. The Morgan fingerprint density at radius 3 is 2.57 bits per heavy atom. The van der Waals surface area contributed by atoms with Gasteiger partial charge in [0.2, 0.25) is 12.1 Å².